The fourth-order valence-electron chi connectivity index (χ4n) is 2.69. The van der Waals surface area contributed by atoms with Gasteiger partial charge in [-0.05, 0) is 49.4 Å². The van der Waals surface area contributed by atoms with Gasteiger partial charge in [-0.3, -0.25) is 0 Å². The van der Waals surface area contributed by atoms with Crippen molar-refractivity contribution in [2.45, 2.75) is 19.3 Å². The van der Waals surface area contributed by atoms with Gasteiger partial charge < -0.3 is 10.7 Å². The van der Waals surface area contributed by atoms with E-state index in [0.717, 1.165) is 30.2 Å². The molecule has 0 saturated carbocycles. The van der Waals surface area contributed by atoms with E-state index in [1.807, 2.05) is 0 Å². The lowest BCUT2D eigenvalue weighted by atomic mass is 9.86. The molecule has 90 valence electrons. The van der Waals surface area contributed by atoms with Gasteiger partial charge in [-0.1, -0.05) is 11.6 Å². The number of benzene rings is 1. The first-order valence-corrected chi connectivity index (χ1v) is 6.25. The molecule has 1 heterocycles. The van der Waals surface area contributed by atoms with E-state index in [4.69, 9.17) is 17.3 Å². The molecule has 1 aromatic heterocycles. The van der Waals surface area contributed by atoms with Crippen LogP contribution in [0.3, 0.4) is 0 Å². The highest BCUT2D eigenvalue weighted by molar-refractivity contribution is 6.31. The summed E-state index contributed by atoms with van der Waals surface area (Å²) in [6.07, 6.45) is 3.03. The zero-order valence-corrected chi connectivity index (χ0v) is 10.1. The summed E-state index contributed by atoms with van der Waals surface area (Å²) in [6, 6.07) is 3.20. The summed E-state index contributed by atoms with van der Waals surface area (Å²) in [5, 5.41) is 1.13. The predicted octanol–water partition coefficient (Wildman–Crippen LogP) is 3.02. The number of rotatable bonds is 1. The zero-order valence-electron chi connectivity index (χ0n) is 9.39. The van der Waals surface area contributed by atoms with Gasteiger partial charge in [0, 0.05) is 16.6 Å². The van der Waals surface area contributed by atoms with E-state index >= 15 is 0 Å². The molecule has 0 radical (unpaired) electrons. The Morgan fingerprint density at radius 3 is 3.06 bits per heavy atom. The average Bonchev–Trinajstić information content (AvgIpc) is 2.67. The Balaban J connectivity index is 2.17. The SMILES string of the molecule is NCC1CCc2[nH]c3cc(Cl)c(F)cc3c2C1. The Hall–Kier alpha value is -1.06. The third kappa shape index (κ3) is 1.74. The molecule has 0 bridgehead atoms. The lowest BCUT2D eigenvalue weighted by Crippen LogP contribution is -2.21. The van der Waals surface area contributed by atoms with Crippen LogP contribution in [0.15, 0.2) is 12.1 Å². The van der Waals surface area contributed by atoms with Crippen LogP contribution in [0.4, 0.5) is 4.39 Å². The van der Waals surface area contributed by atoms with Crippen LogP contribution in [-0.2, 0) is 12.8 Å². The van der Waals surface area contributed by atoms with Crippen LogP contribution in [0.25, 0.3) is 10.9 Å². The Labute approximate surface area is 104 Å². The van der Waals surface area contributed by atoms with Crippen LogP contribution in [0.1, 0.15) is 17.7 Å². The first-order valence-electron chi connectivity index (χ1n) is 5.87. The number of nitrogens with one attached hydrogen (secondary N) is 1. The van der Waals surface area contributed by atoms with Crippen molar-refractivity contribution in [2.75, 3.05) is 6.54 Å². The van der Waals surface area contributed by atoms with Crippen molar-refractivity contribution in [3.8, 4) is 0 Å². The highest BCUT2D eigenvalue weighted by Gasteiger charge is 2.22. The molecule has 4 heteroatoms. The number of halogens is 2. The van der Waals surface area contributed by atoms with Crippen molar-refractivity contribution in [3.05, 3.63) is 34.2 Å². The van der Waals surface area contributed by atoms with Gasteiger partial charge in [0.1, 0.15) is 5.82 Å². The highest BCUT2D eigenvalue weighted by Crippen LogP contribution is 2.33. The van der Waals surface area contributed by atoms with Gasteiger partial charge >= 0.3 is 0 Å². The van der Waals surface area contributed by atoms with E-state index in [1.54, 1.807) is 6.07 Å². The first kappa shape index (κ1) is 11.1. The summed E-state index contributed by atoms with van der Waals surface area (Å²) in [6.45, 7) is 0.697. The molecule has 1 aliphatic rings. The van der Waals surface area contributed by atoms with Crippen LogP contribution < -0.4 is 5.73 Å². The van der Waals surface area contributed by atoms with E-state index in [1.165, 1.54) is 17.3 Å². The van der Waals surface area contributed by atoms with Gasteiger partial charge in [0.2, 0.25) is 0 Å². The number of nitrogens with two attached hydrogens (primary N) is 1. The van der Waals surface area contributed by atoms with Crippen molar-refractivity contribution in [2.24, 2.45) is 11.7 Å². The monoisotopic (exact) mass is 252 g/mol. The van der Waals surface area contributed by atoms with Gasteiger partial charge in [-0.15, -0.1) is 0 Å². The summed E-state index contributed by atoms with van der Waals surface area (Å²) in [4.78, 5) is 3.34. The molecule has 3 rings (SSSR count). The molecule has 0 aliphatic heterocycles. The highest BCUT2D eigenvalue weighted by atomic mass is 35.5. The fourth-order valence-corrected chi connectivity index (χ4v) is 2.85. The fraction of sp³-hybridized carbons (Fsp3) is 0.385. The molecule has 17 heavy (non-hydrogen) atoms. The number of aromatic nitrogens is 1. The Bertz CT molecular complexity index is 576. The number of fused-ring (bicyclic) bond motifs is 3. The van der Waals surface area contributed by atoms with Crippen LogP contribution >= 0.6 is 11.6 Å². The van der Waals surface area contributed by atoms with Crippen molar-refractivity contribution in [1.82, 2.24) is 4.98 Å². The molecule has 1 aliphatic carbocycles. The zero-order chi connectivity index (χ0) is 12.0. The molecular weight excluding hydrogens is 239 g/mol. The lowest BCUT2D eigenvalue weighted by Gasteiger charge is -2.20. The molecular formula is C13H14ClFN2. The first-order chi connectivity index (χ1) is 8.19. The van der Waals surface area contributed by atoms with Crippen LogP contribution in [-0.4, -0.2) is 11.5 Å². The second-order valence-corrected chi connectivity index (χ2v) is 5.15. The quantitative estimate of drug-likeness (QED) is 0.805. The number of hydrogen-bond donors (Lipinski definition) is 2. The molecule has 2 aromatic rings. The van der Waals surface area contributed by atoms with Gasteiger partial charge in [0.25, 0.3) is 0 Å². The maximum Gasteiger partial charge on any atom is 0.142 e. The third-order valence-corrected chi connectivity index (χ3v) is 3.95. The van der Waals surface area contributed by atoms with Crippen molar-refractivity contribution in [1.29, 1.82) is 0 Å². The Kier molecular flexibility index (Phi) is 2.60. The predicted molar refractivity (Wildman–Crippen MR) is 67.8 cm³/mol. The molecule has 0 spiro atoms. The molecule has 1 atom stereocenters. The maximum absolute atomic E-state index is 13.5. The van der Waals surface area contributed by atoms with Crippen molar-refractivity contribution in [3.63, 3.8) is 0 Å². The Morgan fingerprint density at radius 1 is 1.47 bits per heavy atom. The minimum atomic E-state index is -0.351. The van der Waals surface area contributed by atoms with Crippen molar-refractivity contribution < 1.29 is 4.39 Å². The average molecular weight is 253 g/mol. The summed E-state index contributed by atoms with van der Waals surface area (Å²) in [7, 11) is 0. The van der Waals surface area contributed by atoms with Crippen LogP contribution in [0.5, 0.6) is 0 Å². The lowest BCUT2D eigenvalue weighted by molar-refractivity contribution is 0.468. The minimum Gasteiger partial charge on any atom is -0.358 e. The molecule has 0 fully saturated rings. The smallest absolute Gasteiger partial charge is 0.142 e. The summed E-state index contributed by atoms with van der Waals surface area (Å²) in [5.41, 5.74) is 9.09. The van der Waals surface area contributed by atoms with Gasteiger partial charge in [-0.2, -0.15) is 0 Å². The van der Waals surface area contributed by atoms with E-state index in [9.17, 15) is 4.39 Å². The molecule has 3 N–H and O–H groups in total. The van der Waals surface area contributed by atoms with E-state index in [-0.39, 0.29) is 10.8 Å². The number of H-pyrrole nitrogens is 1. The topological polar surface area (TPSA) is 41.8 Å². The number of aryl methyl sites for hydroxylation is 1. The van der Waals surface area contributed by atoms with Gasteiger partial charge in [-0.25, -0.2) is 4.39 Å². The van der Waals surface area contributed by atoms with E-state index < -0.39 is 0 Å². The second kappa shape index (κ2) is 4.00. The summed E-state index contributed by atoms with van der Waals surface area (Å²) < 4.78 is 13.5. The van der Waals surface area contributed by atoms with Crippen LogP contribution in [0.2, 0.25) is 5.02 Å². The molecule has 0 saturated heterocycles. The van der Waals surface area contributed by atoms with E-state index in [2.05, 4.69) is 4.98 Å². The molecule has 1 aromatic carbocycles. The number of hydrogen-bond acceptors (Lipinski definition) is 1. The standard InChI is InChI=1S/C13H14ClFN2/c14-10-5-13-9(4-11(10)15)8-3-7(6-16)1-2-12(8)17-13/h4-5,7,17H,1-3,6,16H2. The maximum atomic E-state index is 13.5. The molecule has 2 nitrogen and oxygen atoms in total. The molecule has 1 unspecified atom stereocenters. The molecule has 0 amide bonds. The Morgan fingerprint density at radius 2 is 2.29 bits per heavy atom. The van der Waals surface area contributed by atoms with Gasteiger partial charge in [0.05, 0.1) is 5.02 Å². The van der Waals surface area contributed by atoms with Gasteiger partial charge in [0.15, 0.2) is 0 Å². The third-order valence-electron chi connectivity index (χ3n) is 3.66. The number of aromatic amines is 1. The van der Waals surface area contributed by atoms with Crippen molar-refractivity contribution >= 4 is 22.5 Å². The summed E-state index contributed by atoms with van der Waals surface area (Å²) >= 11 is 5.79. The second-order valence-electron chi connectivity index (χ2n) is 4.74. The largest absolute Gasteiger partial charge is 0.358 e. The van der Waals surface area contributed by atoms with Crippen LogP contribution in [0, 0.1) is 11.7 Å². The minimum absolute atomic E-state index is 0.173. The summed E-state index contributed by atoms with van der Waals surface area (Å²) in [5.74, 6) is 0.163. The van der Waals surface area contributed by atoms with E-state index in [0.29, 0.717) is 12.5 Å². The normalized spacial score (nSPS) is 19.6.